The molecule has 1 heterocycles. The van der Waals surface area contributed by atoms with E-state index in [1.165, 1.54) is 18.2 Å². The molecule has 0 saturated heterocycles. The van der Waals surface area contributed by atoms with Gasteiger partial charge in [-0.1, -0.05) is 6.07 Å². The average molecular weight is 263 g/mol. The van der Waals surface area contributed by atoms with Crippen LogP contribution in [0.2, 0.25) is 0 Å². The summed E-state index contributed by atoms with van der Waals surface area (Å²) in [5.74, 6) is -0.980. The maximum absolute atomic E-state index is 13.7. The Morgan fingerprint density at radius 2 is 2.21 bits per heavy atom. The van der Waals surface area contributed by atoms with E-state index in [4.69, 9.17) is 9.52 Å². The van der Waals surface area contributed by atoms with Gasteiger partial charge in [0.1, 0.15) is 11.6 Å². The van der Waals surface area contributed by atoms with Gasteiger partial charge in [0, 0.05) is 12.5 Å². The summed E-state index contributed by atoms with van der Waals surface area (Å²) in [5, 5.41) is 11.9. The molecule has 0 bridgehead atoms. The van der Waals surface area contributed by atoms with Crippen molar-refractivity contribution in [3.63, 3.8) is 0 Å². The number of rotatable bonds is 5. The van der Waals surface area contributed by atoms with Crippen LogP contribution in [0, 0.1) is 5.82 Å². The molecular weight excluding hydrogens is 249 g/mol. The third kappa shape index (κ3) is 3.13. The molecule has 0 aliphatic heterocycles. The minimum atomic E-state index is -1.16. The summed E-state index contributed by atoms with van der Waals surface area (Å²) in [6.07, 6.45) is 2.11. The van der Waals surface area contributed by atoms with Crippen molar-refractivity contribution in [1.82, 2.24) is 0 Å². The number of hydrogen-bond donors (Lipinski definition) is 2. The van der Waals surface area contributed by atoms with E-state index in [2.05, 4.69) is 5.32 Å². The summed E-state index contributed by atoms with van der Waals surface area (Å²) < 4.78 is 18.9. The Balaban J connectivity index is 2.16. The van der Waals surface area contributed by atoms with Gasteiger partial charge >= 0.3 is 5.97 Å². The summed E-state index contributed by atoms with van der Waals surface area (Å²) in [4.78, 5) is 11.0. The third-order valence-corrected chi connectivity index (χ3v) is 2.72. The van der Waals surface area contributed by atoms with Gasteiger partial charge in [-0.3, -0.25) is 0 Å². The molecule has 0 amide bonds. The fourth-order valence-electron chi connectivity index (χ4n) is 1.88. The Labute approximate surface area is 109 Å². The van der Waals surface area contributed by atoms with Gasteiger partial charge in [0.25, 0.3) is 0 Å². The SMILES string of the molecule is CC(Cc1ccco1)Nc1c(F)cccc1C(=O)O. The second-order valence-corrected chi connectivity index (χ2v) is 4.30. The number of aromatic carboxylic acids is 1. The largest absolute Gasteiger partial charge is 0.478 e. The van der Waals surface area contributed by atoms with E-state index in [0.29, 0.717) is 6.42 Å². The maximum atomic E-state index is 13.7. The number of furan rings is 1. The second kappa shape index (κ2) is 5.56. The average Bonchev–Trinajstić information content (AvgIpc) is 2.84. The lowest BCUT2D eigenvalue weighted by atomic mass is 10.1. The van der Waals surface area contributed by atoms with Gasteiger partial charge in [-0.25, -0.2) is 9.18 Å². The zero-order chi connectivity index (χ0) is 13.8. The van der Waals surface area contributed by atoms with E-state index >= 15 is 0 Å². The first-order valence-corrected chi connectivity index (χ1v) is 5.88. The van der Waals surface area contributed by atoms with Gasteiger partial charge in [0.05, 0.1) is 17.5 Å². The number of carbonyl (C=O) groups is 1. The first-order chi connectivity index (χ1) is 9.08. The van der Waals surface area contributed by atoms with Crippen molar-refractivity contribution in [1.29, 1.82) is 0 Å². The molecule has 2 aromatic rings. The van der Waals surface area contributed by atoms with E-state index in [-0.39, 0.29) is 17.3 Å². The van der Waals surface area contributed by atoms with Crippen LogP contribution in [-0.4, -0.2) is 17.1 Å². The van der Waals surface area contributed by atoms with Crippen LogP contribution in [0.25, 0.3) is 0 Å². The Kier molecular flexibility index (Phi) is 3.85. The third-order valence-electron chi connectivity index (χ3n) is 2.72. The number of benzene rings is 1. The molecule has 100 valence electrons. The fraction of sp³-hybridized carbons (Fsp3) is 0.214. The van der Waals surface area contributed by atoms with Gasteiger partial charge in [0.2, 0.25) is 0 Å². The van der Waals surface area contributed by atoms with Crippen LogP contribution in [0.1, 0.15) is 23.0 Å². The van der Waals surface area contributed by atoms with Crippen molar-refractivity contribution in [3.8, 4) is 0 Å². The summed E-state index contributed by atoms with van der Waals surface area (Å²) in [6.45, 7) is 1.83. The number of carboxylic acids is 1. The topological polar surface area (TPSA) is 62.5 Å². The molecule has 0 radical (unpaired) electrons. The number of hydrogen-bond acceptors (Lipinski definition) is 3. The number of para-hydroxylation sites is 1. The second-order valence-electron chi connectivity index (χ2n) is 4.30. The zero-order valence-corrected chi connectivity index (χ0v) is 10.4. The molecule has 0 fully saturated rings. The number of carboxylic acid groups (broad SMARTS) is 1. The van der Waals surface area contributed by atoms with Gasteiger partial charge < -0.3 is 14.8 Å². The molecule has 5 heteroatoms. The van der Waals surface area contributed by atoms with E-state index in [1.54, 1.807) is 12.3 Å². The first-order valence-electron chi connectivity index (χ1n) is 5.88. The van der Waals surface area contributed by atoms with Crippen molar-refractivity contribution >= 4 is 11.7 Å². The molecule has 1 atom stereocenters. The van der Waals surface area contributed by atoms with Gasteiger partial charge in [0.15, 0.2) is 0 Å². The summed E-state index contributed by atoms with van der Waals surface area (Å²) in [5.41, 5.74) is -0.0691. The van der Waals surface area contributed by atoms with Crippen LogP contribution in [0.4, 0.5) is 10.1 Å². The van der Waals surface area contributed by atoms with Crippen molar-refractivity contribution in [2.45, 2.75) is 19.4 Å². The molecule has 1 aromatic carbocycles. The Morgan fingerprint density at radius 1 is 1.42 bits per heavy atom. The zero-order valence-electron chi connectivity index (χ0n) is 10.4. The Hall–Kier alpha value is -2.30. The van der Waals surface area contributed by atoms with Crippen LogP contribution in [0.3, 0.4) is 0 Å². The number of anilines is 1. The van der Waals surface area contributed by atoms with Crippen molar-refractivity contribution in [2.75, 3.05) is 5.32 Å². The van der Waals surface area contributed by atoms with Gasteiger partial charge in [-0.2, -0.15) is 0 Å². The molecule has 0 aliphatic carbocycles. The van der Waals surface area contributed by atoms with Crippen LogP contribution >= 0.6 is 0 Å². The molecular formula is C14H14FNO3. The lowest BCUT2D eigenvalue weighted by Crippen LogP contribution is -2.20. The van der Waals surface area contributed by atoms with Crippen molar-refractivity contribution in [2.24, 2.45) is 0 Å². The highest BCUT2D eigenvalue weighted by Gasteiger charge is 2.16. The predicted molar refractivity (Wildman–Crippen MR) is 68.9 cm³/mol. The number of nitrogens with one attached hydrogen (secondary N) is 1. The predicted octanol–water partition coefficient (Wildman–Crippen LogP) is 3.16. The van der Waals surface area contributed by atoms with Crippen molar-refractivity contribution in [3.05, 3.63) is 53.7 Å². The standard InChI is InChI=1S/C14H14FNO3/c1-9(8-10-4-3-7-19-10)16-13-11(14(17)18)5-2-6-12(13)15/h2-7,9,16H,8H2,1H3,(H,17,18). The van der Waals surface area contributed by atoms with E-state index in [9.17, 15) is 9.18 Å². The van der Waals surface area contributed by atoms with E-state index in [1.807, 2.05) is 13.0 Å². The minimum Gasteiger partial charge on any atom is -0.478 e. The van der Waals surface area contributed by atoms with Crippen LogP contribution < -0.4 is 5.32 Å². The Morgan fingerprint density at radius 3 is 2.84 bits per heavy atom. The highest BCUT2D eigenvalue weighted by Crippen LogP contribution is 2.21. The quantitative estimate of drug-likeness (QED) is 0.869. The Bertz CT molecular complexity index is 566. The molecule has 1 unspecified atom stereocenters. The highest BCUT2D eigenvalue weighted by molar-refractivity contribution is 5.94. The number of halogens is 1. The molecule has 1 aromatic heterocycles. The summed E-state index contributed by atoms with van der Waals surface area (Å²) in [6, 6.07) is 7.41. The molecule has 2 rings (SSSR count). The molecule has 0 saturated carbocycles. The molecule has 0 spiro atoms. The van der Waals surface area contributed by atoms with Crippen LogP contribution in [0.15, 0.2) is 41.0 Å². The molecule has 2 N–H and O–H groups in total. The van der Waals surface area contributed by atoms with E-state index in [0.717, 1.165) is 5.76 Å². The summed E-state index contributed by atoms with van der Waals surface area (Å²) in [7, 11) is 0. The smallest absolute Gasteiger partial charge is 0.337 e. The summed E-state index contributed by atoms with van der Waals surface area (Å²) >= 11 is 0. The first kappa shape index (κ1) is 13.1. The van der Waals surface area contributed by atoms with E-state index < -0.39 is 11.8 Å². The fourth-order valence-corrected chi connectivity index (χ4v) is 1.88. The highest BCUT2D eigenvalue weighted by atomic mass is 19.1. The van der Waals surface area contributed by atoms with Crippen molar-refractivity contribution < 1.29 is 18.7 Å². The minimum absolute atomic E-state index is 0.00839. The lowest BCUT2D eigenvalue weighted by Gasteiger charge is -2.16. The van der Waals surface area contributed by atoms with Crippen LogP contribution in [0.5, 0.6) is 0 Å². The van der Waals surface area contributed by atoms with Gasteiger partial charge in [-0.05, 0) is 31.2 Å². The molecule has 4 nitrogen and oxygen atoms in total. The molecule has 0 aliphatic rings. The maximum Gasteiger partial charge on any atom is 0.337 e. The monoisotopic (exact) mass is 263 g/mol. The molecule has 19 heavy (non-hydrogen) atoms. The normalized spacial score (nSPS) is 12.1. The lowest BCUT2D eigenvalue weighted by molar-refractivity contribution is 0.0697. The van der Waals surface area contributed by atoms with Gasteiger partial charge in [-0.15, -0.1) is 0 Å². The van der Waals surface area contributed by atoms with Crippen LogP contribution in [-0.2, 0) is 6.42 Å².